The summed E-state index contributed by atoms with van der Waals surface area (Å²) in [4.78, 5) is 37.5. The zero-order valence-electron chi connectivity index (χ0n) is 27.5. The lowest BCUT2D eigenvalue weighted by Gasteiger charge is -2.39. The van der Waals surface area contributed by atoms with Crippen molar-refractivity contribution >= 4 is 23.5 Å². The van der Waals surface area contributed by atoms with E-state index >= 15 is 0 Å². The van der Waals surface area contributed by atoms with Crippen LogP contribution in [-0.4, -0.2) is 78.0 Å². The molecule has 3 fully saturated rings. The molecule has 1 spiro atoms. The molecule has 3 aliphatic carbocycles. The Bertz CT molecular complexity index is 1410. The number of aromatic nitrogens is 2. The van der Waals surface area contributed by atoms with Gasteiger partial charge in [-0.05, 0) is 101 Å². The average molecular weight is 645 g/mol. The number of nitrogens with zero attached hydrogens (tertiary/aromatic N) is 4. The van der Waals surface area contributed by atoms with Crippen molar-refractivity contribution in [3.05, 3.63) is 41.2 Å². The second-order valence-electron chi connectivity index (χ2n) is 13.6. The number of hydrogen-bond acceptors (Lipinski definition) is 7. The zero-order chi connectivity index (χ0) is 33.2. The third-order valence-corrected chi connectivity index (χ3v) is 10.7. The Morgan fingerprint density at radius 3 is 2.48 bits per heavy atom. The highest BCUT2D eigenvalue weighted by molar-refractivity contribution is 5.95. The Hall–Kier alpha value is -3.41. The van der Waals surface area contributed by atoms with E-state index in [4.69, 9.17) is 4.74 Å². The fourth-order valence-electron chi connectivity index (χ4n) is 7.83. The third kappa shape index (κ3) is 7.42. The summed E-state index contributed by atoms with van der Waals surface area (Å²) in [5.74, 6) is 0.447. The SMILES string of the molecule is COc1cc(C(=O)NC2CCC(N(C)C)CC2)ccc1Nc1ncc(C(F)(F)F)c(CC[C@@H]2C[C@@]23CCCC[C@H]3N(C)C(C)=O)n1. The number of methoxy groups -OCH3 is 1. The van der Waals surface area contributed by atoms with Crippen molar-refractivity contribution in [1.29, 1.82) is 0 Å². The van der Waals surface area contributed by atoms with Crippen LogP contribution in [0.5, 0.6) is 5.75 Å². The van der Waals surface area contributed by atoms with Gasteiger partial charge < -0.3 is 25.2 Å². The van der Waals surface area contributed by atoms with Gasteiger partial charge in [0.2, 0.25) is 11.9 Å². The standard InChI is InChI=1S/C34H47F3N6O3/c1-21(44)43(4)30-8-6-7-17-33(30)19-23(33)10-16-27-26(34(35,36)37)20-38-32(40-27)41-28-15-9-22(18-29(28)46-5)31(45)39-24-11-13-25(14-12-24)42(2)3/h9,15,18,20,23-25,30H,6-8,10-14,16-17,19H2,1-5H3,(H,39,45)(H,38,40,41)/t23-,24?,25?,30-,33+/m1/s1. The van der Waals surface area contributed by atoms with E-state index in [1.165, 1.54) is 7.11 Å². The molecule has 252 valence electrons. The molecule has 0 saturated heterocycles. The lowest BCUT2D eigenvalue weighted by molar-refractivity contribution is -0.138. The van der Waals surface area contributed by atoms with Crippen LogP contribution in [0.2, 0.25) is 0 Å². The summed E-state index contributed by atoms with van der Waals surface area (Å²) in [5, 5.41) is 6.13. The molecule has 0 unspecified atom stereocenters. The minimum atomic E-state index is -4.59. The van der Waals surface area contributed by atoms with Gasteiger partial charge >= 0.3 is 6.18 Å². The van der Waals surface area contributed by atoms with Gasteiger partial charge in [0.15, 0.2) is 0 Å². The molecule has 46 heavy (non-hydrogen) atoms. The van der Waals surface area contributed by atoms with Gasteiger partial charge in [-0.1, -0.05) is 12.8 Å². The molecule has 3 saturated carbocycles. The van der Waals surface area contributed by atoms with Crippen LogP contribution in [0, 0.1) is 11.3 Å². The number of ether oxygens (including phenoxy) is 1. The van der Waals surface area contributed by atoms with E-state index in [1.54, 1.807) is 25.1 Å². The molecule has 2 N–H and O–H groups in total. The first-order valence-corrected chi connectivity index (χ1v) is 16.4. The van der Waals surface area contributed by atoms with Gasteiger partial charge in [0, 0.05) is 43.9 Å². The minimum Gasteiger partial charge on any atom is -0.495 e. The number of anilines is 2. The molecule has 3 aliphatic rings. The van der Waals surface area contributed by atoms with Crippen LogP contribution < -0.4 is 15.4 Å². The number of amides is 2. The molecule has 0 radical (unpaired) electrons. The fourth-order valence-corrected chi connectivity index (χ4v) is 7.83. The minimum absolute atomic E-state index is 0.0157. The lowest BCUT2D eigenvalue weighted by Crippen LogP contribution is -2.44. The maximum atomic E-state index is 14.0. The highest BCUT2D eigenvalue weighted by Gasteiger charge is 2.60. The van der Waals surface area contributed by atoms with E-state index in [2.05, 4.69) is 39.6 Å². The van der Waals surface area contributed by atoms with Crippen LogP contribution in [0.1, 0.15) is 92.7 Å². The van der Waals surface area contributed by atoms with Crippen molar-refractivity contribution in [2.75, 3.05) is 33.6 Å². The van der Waals surface area contributed by atoms with Gasteiger partial charge in [-0.25, -0.2) is 9.97 Å². The van der Waals surface area contributed by atoms with Crippen LogP contribution in [0.15, 0.2) is 24.4 Å². The summed E-state index contributed by atoms with van der Waals surface area (Å²) in [7, 11) is 7.46. The topological polar surface area (TPSA) is 99.7 Å². The second-order valence-corrected chi connectivity index (χ2v) is 13.6. The maximum absolute atomic E-state index is 14.0. The smallest absolute Gasteiger partial charge is 0.419 e. The highest BCUT2D eigenvalue weighted by atomic mass is 19.4. The monoisotopic (exact) mass is 644 g/mol. The number of carbonyl (C=O) groups excluding carboxylic acids is 2. The fraction of sp³-hybridized carbons (Fsp3) is 0.647. The van der Waals surface area contributed by atoms with Crippen LogP contribution in [0.25, 0.3) is 0 Å². The molecule has 1 aromatic heterocycles. The van der Waals surface area contributed by atoms with Crippen molar-refractivity contribution < 1.29 is 27.5 Å². The van der Waals surface area contributed by atoms with E-state index in [-0.39, 0.29) is 53.3 Å². The van der Waals surface area contributed by atoms with Crippen LogP contribution in [0.4, 0.5) is 24.8 Å². The number of benzene rings is 1. The normalized spacial score (nSPS) is 26.1. The van der Waals surface area contributed by atoms with E-state index in [9.17, 15) is 22.8 Å². The summed E-state index contributed by atoms with van der Waals surface area (Å²) in [6.07, 6.45) is 5.82. The number of carbonyl (C=O) groups is 2. The first-order chi connectivity index (χ1) is 21.8. The molecule has 9 nitrogen and oxygen atoms in total. The van der Waals surface area contributed by atoms with Crippen molar-refractivity contribution in [3.63, 3.8) is 0 Å². The molecular weight excluding hydrogens is 597 g/mol. The Balaban J connectivity index is 1.27. The van der Waals surface area contributed by atoms with E-state index in [0.717, 1.165) is 64.0 Å². The summed E-state index contributed by atoms with van der Waals surface area (Å²) < 4.78 is 47.6. The number of halogens is 3. The second kappa shape index (κ2) is 13.8. The van der Waals surface area contributed by atoms with Crippen molar-refractivity contribution in [2.45, 2.75) is 102 Å². The molecule has 2 amide bonds. The van der Waals surface area contributed by atoms with Crippen LogP contribution in [0.3, 0.4) is 0 Å². The van der Waals surface area contributed by atoms with Crippen molar-refractivity contribution in [1.82, 2.24) is 25.1 Å². The van der Waals surface area contributed by atoms with E-state index in [0.29, 0.717) is 29.5 Å². The summed E-state index contributed by atoms with van der Waals surface area (Å²) in [6.45, 7) is 1.57. The van der Waals surface area contributed by atoms with Gasteiger partial charge in [-0.3, -0.25) is 9.59 Å². The van der Waals surface area contributed by atoms with Gasteiger partial charge in [0.1, 0.15) is 5.75 Å². The highest BCUT2D eigenvalue weighted by Crippen LogP contribution is 2.64. The molecule has 2 aromatic rings. The van der Waals surface area contributed by atoms with Crippen molar-refractivity contribution in [3.8, 4) is 5.75 Å². The number of nitrogens with one attached hydrogen (secondary N) is 2. The predicted octanol–water partition coefficient (Wildman–Crippen LogP) is 6.21. The van der Waals surface area contributed by atoms with Crippen molar-refractivity contribution in [2.24, 2.45) is 11.3 Å². The number of aryl methyl sites for hydroxylation is 1. The number of hydrogen-bond donors (Lipinski definition) is 2. The molecular formula is C34H47F3N6O3. The maximum Gasteiger partial charge on any atom is 0.419 e. The number of rotatable bonds is 10. The Morgan fingerprint density at radius 2 is 1.83 bits per heavy atom. The van der Waals surface area contributed by atoms with Crippen LogP contribution in [-0.2, 0) is 17.4 Å². The summed E-state index contributed by atoms with van der Waals surface area (Å²) in [6, 6.07) is 5.68. The molecule has 0 bridgehead atoms. The summed E-state index contributed by atoms with van der Waals surface area (Å²) in [5.41, 5.74) is -0.0422. The molecule has 0 aliphatic heterocycles. The Morgan fingerprint density at radius 1 is 1.09 bits per heavy atom. The van der Waals surface area contributed by atoms with E-state index < -0.39 is 11.7 Å². The predicted molar refractivity (Wildman–Crippen MR) is 170 cm³/mol. The molecule has 1 aromatic carbocycles. The first kappa shape index (κ1) is 33.9. The molecule has 12 heteroatoms. The van der Waals surface area contributed by atoms with Crippen LogP contribution >= 0.6 is 0 Å². The lowest BCUT2D eigenvalue weighted by atomic mass is 9.78. The quantitative estimate of drug-likeness (QED) is 0.317. The Kier molecular flexibility index (Phi) is 10.1. The molecule has 3 atom stereocenters. The van der Waals surface area contributed by atoms with Gasteiger partial charge in [-0.15, -0.1) is 0 Å². The largest absolute Gasteiger partial charge is 0.495 e. The van der Waals surface area contributed by atoms with Gasteiger partial charge in [-0.2, -0.15) is 13.2 Å². The Labute approximate surface area is 269 Å². The molecule has 5 rings (SSSR count). The van der Waals surface area contributed by atoms with E-state index in [1.807, 2.05) is 11.9 Å². The molecule has 1 heterocycles. The van der Waals surface area contributed by atoms with Gasteiger partial charge in [0.05, 0.1) is 24.1 Å². The number of alkyl halides is 3. The average Bonchev–Trinajstić information content (AvgIpc) is 3.71. The third-order valence-electron chi connectivity index (χ3n) is 10.7. The zero-order valence-corrected chi connectivity index (χ0v) is 27.5. The first-order valence-electron chi connectivity index (χ1n) is 16.4. The van der Waals surface area contributed by atoms with Gasteiger partial charge in [0.25, 0.3) is 5.91 Å². The summed E-state index contributed by atoms with van der Waals surface area (Å²) >= 11 is 0.